The number of carboxylic acid groups (broad SMARTS) is 1. The monoisotopic (exact) mass is 505 g/mol. The van der Waals surface area contributed by atoms with E-state index in [9.17, 15) is 26.4 Å². The summed E-state index contributed by atoms with van der Waals surface area (Å²) in [5, 5.41) is 8.88. The first kappa shape index (κ1) is 24.7. The zero-order chi connectivity index (χ0) is 25.2. The molecule has 2 N–H and O–H groups in total. The molecule has 1 atom stereocenters. The van der Waals surface area contributed by atoms with Gasteiger partial charge in [-0.25, -0.2) is 17.9 Å². The third kappa shape index (κ3) is 5.66. The Bertz CT molecular complexity index is 1340. The third-order valence-electron chi connectivity index (χ3n) is 5.80. The van der Waals surface area contributed by atoms with Gasteiger partial charge in [-0.1, -0.05) is 36.4 Å². The molecule has 0 heterocycles. The summed E-state index contributed by atoms with van der Waals surface area (Å²) >= 11 is 0. The van der Waals surface area contributed by atoms with Gasteiger partial charge in [-0.05, 0) is 71.8 Å². The number of halogens is 3. The van der Waals surface area contributed by atoms with Crippen molar-refractivity contribution in [1.82, 2.24) is 4.72 Å². The molecule has 35 heavy (non-hydrogen) atoms. The van der Waals surface area contributed by atoms with Gasteiger partial charge in [0.05, 0.1) is 10.5 Å². The van der Waals surface area contributed by atoms with Gasteiger partial charge in [0.1, 0.15) is 5.75 Å². The van der Waals surface area contributed by atoms with E-state index in [1.54, 1.807) is 18.2 Å². The van der Waals surface area contributed by atoms with Crippen LogP contribution in [0.3, 0.4) is 0 Å². The molecule has 0 saturated heterocycles. The fourth-order valence-electron chi connectivity index (χ4n) is 4.17. The number of benzene rings is 3. The zero-order valence-corrected chi connectivity index (χ0v) is 19.2. The number of aliphatic carboxylic acids is 1. The molecule has 3 aromatic carbocycles. The Morgan fingerprint density at radius 1 is 1.03 bits per heavy atom. The summed E-state index contributed by atoms with van der Waals surface area (Å²) in [6, 6.07) is 15.1. The molecule has 4 rings (SSSR count). The predicted molar refractivity (Wildman–Crippen MR) is 122 cm³/mol. The predicted octanol–water partition coefficient (Wildman–Crippen LogP) is 5.19. The van der Waals surface area contributed by atoms with Crippen LogP contribution in [0.1, 0.15) is 35.6 Å². The molecule has 0 bridgehead atoms. The second-order valence-corrected chi connectivity index (χ2v) is 9.89. The van der Waals surface area contributed by atoms with Crippen LogP contribution in [0.5, 0.6) is 5.75 Å². The number of hydrogen-bond acceptors (Lipinski definition) is 4. The maximum absolute atomic E-state index is 13.1. The molecule has 0 saturated carbocycles. The van der Waals surface area contributed by atoms with E-state index in [0.717, 1.165) is 23.3 Å². The minimum absolute atomic E-state index is 0.0152. The van der Waals surface area contributed by atoms with Gasteiger partial charge in [-0.2, -0.15) is 13.2 Å². The normalized spacial score (nSPS) is 15.9. The van der Waals surface area contributed by atoms with Crippen LogP contribution in [-0.2, 0) is 27.4 Å². The van der Waals surface area contributed by atoms with Gasteiger partial charge in [0.15, 0.2) is 6.61 Å². The summed E-state index contributed by atoms with van der Waals surface area (Å²) in [7, 11) is -3.94. The van der Waals surface area contributed by atoms with Gasteiger partial charge in [0.25, 0.3) is 0 Å². The van der Waals surface area contributed by atoms with E-state index in [2.05, 4.69) is 4.72 Å². The lowest BCUT2D eigenvalue weighted by molar-refractivity contribution is -0.139. The first-order chi connectivity index (χ1) is 16.5. The number of nitrogens with one attached hydrogen (secondary N) is 1. The molecule has 0 fully saturated rings. The van der Waals surface area contributed by atoms with Gasteiger partial charge in [0, 0.05) is 6.04 Å². The lowest BCUT2D eigenvalue weighted by Crippen LogP contribution is -2.31. The topological polar surface area (TPSA) is 92.7 Å². The maximum Gasteiger partial charge on any atom is 0.416 e. The van der Waals surface area contributed by atoms with Crippen LogP contribution >= 0.6 is 0 Å². The largest absolute Gasteiger partial charge is 0.482 e. The highest BCUT2D eigenvalue weighted by atomic mass is 32.2. The molecule has 0 radical (unpaired) electrons. The van der Waals surface area contributed by atoms with Crippen molar-refractivity contribution in [2.24, 2.45) is 0 Å². The summed E-state index contributed by atoms with van der Waals surface area (Å²) in [5.74, 6) is -0.691. The Labute approximate surface area is 200 Å². The maximum atomic E-state index is 13.1. The highest BCUT2D eigenvalue weighted by Crippen LogP contribution is 2.37. The quantitative estimate of drug-likeness (QED) is 0.461. The number of carbonyl (C=O) groups is 1. The molecule has 1 aliphatic carbocycles. The number of sulfonamides is 1. The van der Waals surface area contributed by atoms with E-state index >= 15 is 0 Å². The highest BCUT2D eigenvalue weighted by Gasteiger charge is 2.31. The third-order valence-corrected chi connectivity index (χ3v) is 7.29. The first-order valence-corrected chi connectivity index (χ1v) is 12.3. The molecule has 6 nitrogen and oxygen atoms in total. The van der Waals surface area contributed by atoms with Crippen molar-refractivity contribution in [2.45, 2.75) is 36.4 Å². The van der Waals surface area contributed by atoms with Gasteiger partial charge in [0.2, 0.25) is 10.0 Å². The molecule has 0 aliphatic heterocycles. The van der Waals surface area contributed by atoms with Crippen LogP contribution in [0.25, 0.3) is 11.1 Å². The molecule has 0 unspecified atom stereocenters. The molecule has 3 aromatic rings. The van der Waals surface area contributed by atoms with Crippen molar-refractivity contribution < 1.29 is 36.2 Å². The summed E-state index contributed by atoms with van der Waals surface area (Å²) in [5.41, 5.74) is 1.50. The number of alkyl halides is 3. The van der Waals surface area contributed by atoms with Crippen molar-refractivity contribution in [1.29, 1.82) is 0 Å². The van der Waals surface area contributed by atoms with Crippen LogP contribution in [0.4, 0.5) is 13.2 Å². The standard InChI is InChI=1S/C25H22F3NO5S/c26-25(27,28)18-5-1-4-17(14-18)16-10-12-19(13-11-16)35(32,33)29-22-8-2-7-21-20(22)6-3-9-23(21)34-15-24(30)31/h1,3-6,9-14,22,29H,2,7-8,15H2,(H,30,31)/t22-/m1/s1. The summed E-state index contributed by atoms with van der Waals surface area (Å²) in [6.07, 6.45) is -2.61. The summed E-state index contributed by atoms with van der Waals surface area (Å²) < 4.78 is 73.3. The number of rotatable bonds is 7. The summed E-state index contributed by atoms with van der Waals surface area (Å²) in [6.45, 7) is -0.495. The van der Waals surface area contributed by atoms with E-state index in [-0.39, 0.29) is 4.90 Å². The summed E-state index contributed by atoms with van der Waals surface area (Å²) in [4.78, 5) is 10.8. The number of ether oxygens (including phenoxy) is 1. The number of fused-ring (bicyclic) bond motifs is 1. The molecule has 1 aliphatic rings. The molecular formula is C25H22F3NO5S. The van der Waals surface area contributed by atoms with Crippen molar-refractivity contribution >= 4 is 16.0 Å². The van der Waals surface area contributed by atoms with Crippen molar-refractivity contribution in [3.8, 4) is 16.9 Å². The average molecular weight is 506 g/mol. The molecule has 0 spiro atoms. The zero-order valence-electron chi connectivity index (χ0n) is 18.4. The Kier molecular flexibility index (Phi) is 6.86. The van der Waals surface area contributed by atoms with Gasteiger partial charge < -0.3 is 9.84 Å². The van der Waals surface area contributed by atoms with Crippen LogP contribution in [-0.4, -0.2) is 26.1 Å². The Balaban J connectivity index is 1.55. The molecule has 184 valence electrons. The van der Waals surface area contributed by atoms with Gasteiger partial charge in [-0.15, -0.1) is 0 Å². The second-order valence-electron chi connectivity index (χ2n) is 8.18. The van der Waals surface area contributed by atoms with Crippen LogP contribution in [0.2, 0.25) is 0 Å². The minimum atomic E-state index is -4.47. The fourth-order valence-corrected chi connectivity index (χ4v) is 5.42. The van der Waals surface area contributed by atoms with Crippen LogP contribution in [0, 0.1) is 0 Å². The van der Waals surface area contributed by atoms with E-state index in [1.165, 1.54) is 36.4 Å². The highest BCUT2D eigenvalue weighted by molar-refractivity contribution is 7.89. The Morgan fingerprint density at radius 3 is 2.43 bits per heavy atom. The van der Waals surface area contributed by atoms with Crippen LogP contribution < -0.4 is 9.46 Å². The Hall–Kier alpha value is -3.37. The van der Waals surface area contributed by atoms with E-state index in [0.29, 0.717) is 36.1 Å². The molecule has 10 heteroatoms. The SMILES string of the molecule is O=C(O)COc1cccc2c1CCC[C@H]2NS(=O)(=O)c1ccc(-c2cccc(C(F)(F)F)c2)cc1. The Morgan fingerprint density at radius 2 is 1.74 bits per heavy atom. The average Bonchev–Trinajstić information content (AvgIpc) is 2.82. The molecular weight excluding hydrogens is 483 g/mol. The minimum Gasteiger partial charge on any atom is -0.482 e. The van der Waals surface area contributed by atoms with Gasteiger partial charge >= 0.3 is 12.1 Å². The lowest BCUT2D eigenvalue weighted by Gasteiger charge is -2.27. The second kappa shape index (κ2) is 9.71. The molecule has 0 aromatic heterocycles. The van der Waals surface area contributed by atoms with E-state index in [4.69, 9.17) is 9.84 Å². The number of hydrogen-bond donors (Lipinski definition) is 2. The van der Waals surface area contributed by atoms with Gasteiger partial charge in [-0.3, -0.25) is 0 Å². The fraction of sp³-hybridized carbons (Fsp3) is 0.240. The molecule has 0 amide bonds. The van der Waals surface area contributed by atoms with Crippen LogP contribution in [0.15, 0.2) is 71.6 Å². The van der Waals surface area contributed by atoms with Crippen molar-refractivity contribution in [3.05, 3.63) is 83.4 Å². The van der Waals surface area contributed by atoms with E-state index in [1.807, 2.05) is 0 Å². The van der Waals surface area contributed by atoms with E-state index < -0.39 is 40.4 Å². The lowest BCUT2D eigenvalue weighted by atomic mass is 9.87. The first-order valence-electron chi connectivity index (χ1n) is 10.8. The number of carboxylic acids is 1. The van der Waals surface area contributed by atoms with Crippen molar-refractivity contribution in [3.63, 3.8) is 0 Å². The van der Waals surface area contributed by atoms with Crippen molar-refractivity contribution in [2.75, 3.05) is 6.61 Å². The smallest absolute Gasteiger partial charge is 0.416 e.